The molecule has 0 aliphatic heterocycles. The second-order valence-electron chi connectivity index (χ2n) is 4.82. The summed E-state index contributed by atoms with van der Waals surface area (Å²) in [7, 11) is 0. The van der Waals surface area contributed by atoms with Crippen LogP contribution >= 0.6 is 0 Å². The molecule has 82 valence electrons. The lowest BCUT2D eigenvalue weighted by atomic mass is 9.68. The zero-order valence-electron chi connectivity index (χ0n) is 9.24. The van der Waals surface area contributed by atoms with Crippen molar-refractivity contribution in [3.8, 4) is 5.75 Å². The molecule has 0 amide bonds. The van der Waals surface area contributed by atoms with Gasteiger partial charge in [0.25, 0.3) is 0 Å². The van der Waals surface area contributed by atoms with Crippen LogP contribution in [0.2, 0.25) is 0 Å². The van der Waals surface area contributed by atoms with E-state index in [1.54, 1.807) is 6.07 Å². The van der Waals surface area contributed by atoms with E-state index in [2.05, 4.69) is 13.0 Å². The highest BCUT2D eigenvalue weighted by molar-refractivity contribution is 5.34. The van der Waals surface area contributed by atoms with Crippen LogP contribution in [0.5, 0.6) is 5.75 Å². The Balaban J connectivity index is 2.34. The van der Waals surface area contributed by atoms with Crippen molar-refractivity contribution >= 4 is 0 Å². The lowest BCUT2D eigenvalue weighted by Crippen LogP contribution is -2.45. The molecule has 1 aliphatic carbocycles. The molecule has 0 aromatic heterocycles. The molecule has 2 rings (SSSR count). The monoisotopic (exact) mass is 205 g/mol. The van der Waals surface area contributed by atoms with Crippen LogP contribution in [-0.2, 0) is 5.41 Å². The Morgan fingerprint density at radius 2 is 2.20 bits per heavy atom. The molecule has 0 radical (unpaired) electrons. The first-order valence-electron chi connectivity index (χ1n) is 5.68. The predicted octanol–water partition coefficient (Wildman–Crippen LogP) is 2.55. The number of hydrogen-bond donors (Lipinski definition) is 2. The quantitative estimate of drug-likeness (QED) is 0.740. The van der Waals surface area contributed by atoms with Gasteiger partial charge in [0.2, 0.25) is 0 Å². The molecule has 1 aromatic carbocycles. The summed E-state index contributed by atoms with van der Waals surface area (Å²) in [4.78, 5) is 0. The van der Waals surface area contributed by atoms with Crippen molar-refractivity contribution in [2.24, 2.45) is 5.73 Å². The first kappa shape index (κ1) is 10.5. The van der Waals surface area contributed by atoms with E-state index in [-0.39, 0.29) is 11.5 Å². The van der Waals surface area contributed by atoms with E-state index >= 15 is 0 Å². The molecule has 0 saturated heterocycles. The zero-order chi connectivity index (χ0) is 10.9. The van der Waals surface area contributed by atoms with E-state index in [9.17, 15) is 5.11 Å². The van der Waals surface area contributed by atoms with Gasteiger partial charge in [-0.1, -0.05) is 31.9 Å². The molecule has 1 aromatic rings. The molecule has 0 bridgehead atoms. The second-order valence-corrected chi connectivity index (χ2v) is 4.82. The molecule has 1 aliphatic rings. The van der Waals surface area contributed by atoms with E-state index in [1.165, 1.54) is 18.4 Å². The maximum Gasteiger partial charge on any atom is 0.115 e. The molecule has 15 heavy (non-hydrogen) atoms. The Kier molecular flexibility index (Phi) is 2.70. The SMILES string of the molecule is CC1(c2cccc(O)c2)CCCCC1N. The Morgan fingerprint density at radius 3 is 2.87 bits per heavy atom. The van der Waals surface area contributed by atoms with Crippen LogP contribution < -0.4 is 5.73 Å². The van der Waals surface area contributed by atoms with Gasteiger partial charge in [-0.2, -0.15) is 0 Å². The van der Waals surface area contributed by atoms with Crippen molar-refractivity contribution in [2.75, 3.05) is 0 Å². The van der Waals surface area contributed by atoms with E-state index in [0.29, 0.717) is 5.75 Å². The van der Waals surface area contributed by atoms with Crippen LogP contribution in [0.25, 0.3) is 0 Å². The van der Waals surface area contributed by atoms with Crippen molar-refractivity contribution in [1.29, 1.82) is 0 Å². The predicted molar refractivity (Wildman–Crippen MR) is 61.9 cm³/mol. The number of rotatable bonds is 1. The fraction of sp³-hybridized carbons (Fsp3) is 0.538. The van der Waals surface area contributed by atoms with Crippen LogP contribution in [0.3, 0.4) is 0 Å². The van der Waals surface area contributed by atoms with E-state index < -0.39 is 0 Å². The zero-order valence-corrected chi connectivity index (χ0v) is 9.24. The van der Waals surface area contributed by atoms with Crippen LogP contribution in [0.1, 0.15) is 38.2 Å². The molecule has 0 spiro atoms. The molecule has 2 nitrogen and oxygen atoms in total. The molecule has 0 heterocycles. The number of aromatic hydroxyl groups is 1. The molecule has 3 N–H and O–H groups in total. The highest BCUT2D eigenvalue weighted by atomic mass is 16.3. The largest absolute Gasteiger partial charge is 0.508 e. The van der Waals surface area contributed by atoms with E-state index in [1.807, 2.05) is 12.1 Å². The summed E-state index contributed by atoms with van der Waals surface area (Å²) in [5.41, 5.74) is 7.43. The summed E-state index contributed by atoms with van der Waals surface area (Å²) in [6.45, 7) is 2.21. The topological polar surface area (TPSA) is 46.2 Å². The lowest BCUT2D eigenvalue weighted by molar-refractivity contribution is 0.271. The summed E-state index contributed by atoms with van der Waals surface area (Å²) in [5, 5.41) is 9.50. The summed E-state index contributed by atoms with van der Waals surface area (Å²) in [5.74, 6) is 0.339. The van der Waals surface area contributed by atoms with Crippen LogP contribution in [0, 0.1) is 0 Å². The van der Waals surface area contributed by atoms with Gasteiger partial charge >= 0.3 is 0 Å². The third-order valence-corrected chi connectivity index (χ3v) is 3.79. The lowest BCUT2D eigenvalue weighted by Gasteiger charge is -2.40. The third kappa shape index (κ3) is 1.86. The number of hydrogen-bond acceptors (Lipinski definition) is 2. The van der Waals surface area contributed by atoms with Gasteiger partial charge in [0.1, 0.15) is 5.75 Å². The van der Waals surface area contributed by atoms with Gasteiger partial charge in [-0.3, -0.25) is 0 Å². The van der Waals surface area contributed by atoms with Gasteiger partial charge in [-0.15, -0.1) is 0 Å². The summed E-state index contributed by atoms with van der Waals surface area (Å²) in [6.07, 6.45) is 4.68. The van der Waals surface area contributed by atoms with Crippen LogP contribution in [0.4, 0.5) is 0 Å². The number of nitrogens with two attached hydrogens (primary N) is 1. The summed E-state index contributed by atoms with van der Waals surface area (Å²) in [6, 6.07) is 7.75. The molecular formula is C13H19NO. The van der Waals surface area contributed by atoms with Crippen molar-refractivity contribution < 1.29 is 5.11 Å². The van der Waals surface area contributed by atoms with Crippen molar-refractivity contribution in [3.05, 3.63) is 29.8 Å². The maximum atomic E-state index is 9.50. The highest BCUT2D eigenvalue weighted by Gasteiger charge is 2.35. The van der Waals surface area contributed by atoms with Crippen LogP contribution in [-0.4, -0.2) is 11.1 Å². The van der Waals surface area contributed by atoms with Gasteiger partial charge in [0, 0.05) is 11.5 Å². The highest BCUT2D eigenvalue weighted by Crippen LogP contribution is 2.38. The number of phenols is 1. The number of benzene rings is 1. The van der Waals surface area contributed by atoms with E-state index in [4.69, 9.17) is 5.73 Å². The first-order valence-corrected chi connectivity index (χ1v) is 5.68. The standard InChI is InChI=1S/C13H19NO/c1-13(8-3-2-7-12(13)14)10-5-4-6-11(15)9-10/h4-6,9,12,15H,2-3,7-8,14H2,1H3. The Hall–Kier alpha value is -1.02. The Labute approximate surface area is 91.1 Å². The molecule has 2 atom stereocenters. The fourth-order valence-corrected chi connectivity index (χ4v) is 2.58. The average Bonchev–Trinajstić information content (AvgIpc) is 2.23. The normalized spacial score (nSPS) is 31.5. The minimum atomic E-state index is 0.0387. The summed E-state index contributed by atoms with van der Waals surface area (Å²) < 4.78 is 0. The first-order chi connectivity index (χ1) is 7.13. The van der Waals surface area contributed by atoms with Gasteiger partial charge in [0.05, 0.1) is 0 Å². The Bertz CT molecular complexity index is 350. The van der Waals surface area contributed by atoms with Gasteiger partial charge in [-0.05, 0) is 30.5 Å². The average molecular weight is 205 g/mol. The van der Waals surface area contributed by atoms with Gasteiger partial charge < -0.3 is 10.8 Å². The third-order valence-electron chi connectivity index (χ3n) is 3.79. The van der Waals surface area contributed by atoms with Crippen molar-refractivity contribution in [2.45, 2.75) is 44.1 Å². The molecule has 1 fully saturated rings. The fourth-order valence-electron chi connectivity index (χ4n) is 2.58. The molecule has 2 heteroatoms. The molecule has 1 saturated carbocycles. The maximum absolute atomic E-state index is 9.50. The molecule has 2 unspecified atom stereocenters. The Morgan fingerprint density at radius 1 is 1.40 bits per heavy atom. The molecular weight excluding hydrogens is 186 g/mol. The van der Waals surface area contributed by atoms with Crippen molar-refractivity contribution in [3.63, 3.8) is 0 Å². The minimum Gasteiger partial charge on any atom is -0.508 e. The number of phenolic OH excluding ortho intramolecular Hbond substituents is 1. The van der Waals surface area contributed by atoms with Crippen molar-refractivity contribution in [1.82, 2.24) is 0 Å². The minimum absolute atomic E-state index is 0.0387. The van der Waals surface area contributed by atoms with Gasteiger partial charge in [0.15, 0.2) is 0 Å². The smallest absolute Gasteiger partial charge is 0.115 e. The second kappa shape index (κ2) is 3.86. The summed E-state index contributed by atoms with van der Waals surface area (Å²) >= 11 is 0. The van der Waals surface area contributed by atoms with Crippen LogP contribution in [0.15, 0.2) is 24.3 Å². The van der Waals surface area contributed by atoms with E-state index in [0.717, 1.165) is 12.8 Å². The van der Waals surface area contributed by atoms with Gasteiger partial charge in [-0.25, -0.2) is 0 Å².